The maximum Gasteiger partial charge on any atom is 0.272 e. The number of hydrogen-bond donors (Lipinski definition) is 1. The Bertz CT molecular complexity index is 382. The predicted molar refractivity (Wildman–Crippen MR) is 62.6 cm³/mol. The molecule has 16 heavy (non-hydrogen) atoms. The van der Waals surface area contributed by atoms with Crippen LogP contribution in [0.4, 0.5) is 0 Å². The summed E-state index contributed by atoms with van der Waals surface area (Å²) in [4.78, 5) is 11.9. The number of nitrogens with zero attached hydrogens (tertiary/aromatic N) is 2. The number of carbonyl (C=O) groups is 1. The molecule has 1 fully saturated rings. The first-order chi connectivity index (χ1) is 7.65. The third-order valence-corrected chi connectivity index (χ3v) is 3.65. The number of amides is 1. The third kappa shape index (κ3) is 2.21. The molecule has 1 saturated carbocycles. The van der Waals surface area contributed by atoms with Gasteiger partial charge in [0, 0.05) is 19.1 Å². The minimum atomic E-state index is -0.212. The van der Waals surface area contributed by atoms with E-state index >= 15 is 0 Å². The fraction of sp³-hybridized carbons (Fsp3) is 0.636. The number of hydrogen-bond acceptors (Lipinski definition) is 2. The molecular formula is C11H16ClN3O. The minimum Gasteiger partial charge on any atom is -0.344 e. The standard InChI is InChI=1S/C11H16ClN3O/c1-15-7-4-9(14-15)10(16)13-11(8-12)5-2-3-6-11/h4,7H,2-3,5-6,8H2,1H3,(H,13,16). The van der Waals surface area contributed by atoms with Gasteiger partial charge in [-0.3, -0.25) is 9.48 Å². The third-order valence-electron chi connectivity index (χ3n) is 3.14. The number of alkyl halides is 1. The fourth-order valence-electron chi connectivity index (χ4n) is 2.18. The topological polar surface area (TPSA) is 46.9 Å². The van der Waals surface area contributed by atoms with Gasteiger partial charge in [0.15, 0.2) is 0 Å². The van der Waals surface area contributed by atoms with Gasteiger partial charge in [-0.2, -0.15) is 5.10 Å². The summed E-state index contributed by atoms with van der Waals surface area (Å²) >= 11 is 5.96. The summed E-state index contributed by atoms with van der Waals surface area (Å²) in [6, 6.07) is 1.71. The SMILES string of the molecule is Cn1ccc(C(=O)NC2(CCl)CCCC2)n1. The molecule has 5 heteroatoms. The van der Waals surface area contributed by atoms with Crippen LogP contribution in [0.1, 0.15) is 36.2 Å². The van der Waals surface area contributed by atoms with Crippen molar-refractivity contribution in [3.05, 3.63) is 18.0 Å². The Hall–Kier alpha value is -1.03. The van der Waals surface area contributed by atoms with Crippen LogP contribution in [0.3, 0.4) is 0 Å². The molecule has 4 nitrogen and oxygen atoms in total. The number of aryl methyl sites for hydroxylation is 1. The van der Waals surface area contributed by atoms with E-state index in [0.717, 1.165) is 25.7 Å². The Balaban J connectivity index is 2.06. The predicted octanol–water partition coefficient (Wildman–Crippen LogP) is 1.70. The van der Waals surface area contributed by atoms with E-state index in [1.54, 1.807) is 24.0 Å². The van der Waals surface area contributed by atoms with Crippen molar-refractivity contribution in [2.45, 2.75) is 31.2 Å². The van der Waals surface area contributed by atoms with Crippen molar-refractivity contribution in [1.29, 1.82) is 0 Å². The Morgan fingerprint density at radius 1 is 1.62 bits per heavy atom. The highest BCUT2D eigenvalue weighted by molar-refractivity contribution is 6.19. The summed E-state index contributed by atoms with van der Waals surface area (Å²) in [5.74, 6) is 0.356. The molecule has 2 rings (SSSR count). The molecule has 0 aromatic carbocycles. The van der Waals surface area contributed by atoms with Crippen molar-refractivity contribution < 1.29 is 4.79 Å². The normalized spacial score (nSPS) is 18.6. The van der Waals surface area contributed by atoms with Crippen molar-refractivity contribution in [1.82, 2.24) is 15.1 Å². The molecule has 1 aromatic rings. The van der Waals surface area contributed by atoms with E-state index in [0.29, 0.717) is 11.6 Å². The van der Waals surface area contributed by atoms with Crippen molar-refractivity contribution in [2.75, 3.05) is 5.88 Å². The highest BCUT2D eigenvalue weighted by Crippen LogP contribution is 2.30. The highest BCUT2D eigenvalue weighted by atomic mass is 35.5. The molecular weight excluding hydrogens is 226 g/mol. The van der Waals surface area contributed by atoms with E-state index in [9.17, 15) is 4.79 Å². The summed E-state index contributed by atoms with van der Waals surface area (Å²) in [6.45, 7) is 0. The molecule has 0 radical (unpaired) electrons. The molecule has 1 aliphatic carbocycles. The van der Waals surface area contributed by atoms with Crippen LogP contribution in [0, 0.1) is 0 Å². The fourth-order valence-corrected chi connectivity index (χ4v) is 2.52. The molecule has 1 amide bonds. The van der Waals surface area contributed by atoms with E-state index in [1.165, 1.54) is 0 Å². The van der Waals surface area contributed by atoms with Crippen LogP contribution in [-0.2, 0) is 7.05 Å². The van der Waals surface area contributed by atoms with E-state index in [1.807, 2.05) is 0 Å². The Labute approximate surface area is 100.0 Å². The van der Waals surface area contributed by atoms with Gasteiger partial charge in [-0.25, -0.2) is 0 Å². The van der Waals surface area contributed by atoms with Gasteiger partial charge >= 0.3 is 0 Å². The summed E-state index contributed by atoms with van der Waals surface area (Å²) in [5.41, 5.74) is 0.245. The molecule has 1 aliphatic rings. The van der Waals surface area contributed by atoms with Crippen LogP contribution >= 0.6 is 11.6 Å². The van der Waals surface area contributed by atoms with Crippen molar-refractivity contribution >= 4 is 17.5 Å². The lowest BCUT2D eigenvalue weighted by Gasteiger charge is -2.27. The van der Waals surface area contributed by atoms with Crippen LogP contribution in [-0.4, -0.2) is 27.1 Å². The first-order valence-electron chi connectivity index (χ1n) is 5.53. The Morgan fingerprint density at radius 2 is 2.31 bits per heavy atom. The van der Waals surface area contributed by atoms with Gasteiger partial charge in [0.25, 0.3) is 5.91 Å². The van der Waals surface area contributed by atoms with Gasteiger partial charge in [0.2, 0.25) is 0 Å². The second kappa shape index (κ2) is 4.45. The maximum absolute atomic E-state index is 11.9. The first kappa shape index (κ1) is 11.5. The molecule has 1 aromatic heterocycles. The lowest BCUT2D eigenvalue weighted by Crippen LogP contribution is -2.48. The zero-order valence-electron chi connectivity index (χ0n) is 9.37. The summed E-state index contributed by atoms with van der Waals surface area (Å²) in [5, 5.41) is 7.10. The van der Waals surface area contributed by atoms with Gasteiger partial charge < -0.3 is 5.32 Å². The van der Waals surface area contributed by atoms with Gasteiger partial charge in [0.05, 0.1) is 5.54 Å². The molecule has 0 saturated heterocycles. The van der Waals surface area contributed by atoms with Crippen molar-refractivity contribution in [3.8, 4) is 0 Å². The molecule has 0 bridgehead atoms. The van der Waals surface area contributed by atoms with E-state index < -0.39 is 0 Å². The molecule has 0 aliphatic heterocycles. The highest BCUT2D eigenvalue weighted by Gasteiger charge is 2.34. The number of rotatable bonds is 3. The first-order valence-corrected chi connectivity index (χ1v) is 6.07. The maximum atomic E-state index is 11.9. The van der Waals surface area contributed by atoms with Gasteiger partial charge in [-0.1, -0.05) is 12.8 Å². The van der Waals surface area contributed by atoms with Crippen molar-refractivity contribution in [2.24, 2.45) is 7.05 Å². The average Bonchev–Trinajstić information content (AvgIpc) is 2.88. The van der Waals surface area contributed by atoms with E-state index in [2.05, 4.69) is 10.4 Å². The van der Waals surface area contributed by atoms with Crippen LogP contribution < -0.4 is 5.32 Å². The summed E-state index contributed by atoms with van der Waals surface area (Å²) in [7, 11) is 1.80. The molecule has 0 spiro atoms. The van der Waals surface area contributed by atoms with Crippen molar-refractivity contribution in [3.63, 3.8) is 0 Å². The largest absolute Gasteiger partial charge is 0.344 e. The lowest BCUT2D eigenvalue weighted by atomic mass is 10.0. The van der Waals surface area contributed by atoms with E-state index in [4.69, 9.17) is 11.6 Å². The van der Waals surface area contributed by atoms with E-state index in [-0.39, 0.29) is 11.4 Å². The van der Waals surface area contributed by atoms with Crippen LogP contribution in [0.5, 0.6) is 0 Å². The summed E-state index contributed by atoms with van der Waals surface area (Å²) < 4.78 is 1.62. The zero-order valence-corrected chi connectivity index (χ0v) is 10.1. The summed E-state index contributed by atoms with van der Waals surface area (Å²) in [6.07, 6.45) is 5.96. The van der Waals surface area contributed by atoms with Crippen LogP contribution in [0.25, 0.3) is 0 Å². The Morgan fingerprint density at radius 3 is 2.81 bits per heavy atom. The van der Waals surface area contributed by atoms with Crippen LogP contribution in [0.15, 0.2) is 12.3 Å². The Kier molecular flexibility index (Phi) is 3.19. The quantitative estimate of drug-likeness (QED) is 0.819. The second-order valence-electron chi connectivity index (χ2n) is 4.45. The zero-order chi connectivity index (χ0) is 11.6. The van der Waals surface area contributed by atoms with Gasteiger partial charge in [-0.15, -0.1) is 11.6 Å². The van der Waals surface area contributed by atoms with Gasteiger partial charge in [0.1, 0.15) is 5.69 Å². The van der Waals surface area contributed by atoms with Gasteiger partial charge in [-0.05, 0) is 18.9 Å². The smallest absolute Gasteiger partial charge is 0.272 e. The number of carbonyl (C=O) groups excluding carboxylic acids is 1. The number of nitrogens with one attached hydrogen (secondary N) is 1. The minimum absolute atomic E-state index is 0.122. The molecule has 1 N–H and O–H groups in total. The van der Waals surface area contributed by atoms with Crippen LogP contribution in [0.2, 0.25) is 0 Å². The molecule has 0 unspecified atom stereocenters. The number of aromatic nitrogens is 2. The lowest BCUT2D eigenvalue weighted by molar-refractivity contribution is 0.0903. The number of halogens is 1. The second-order valence-corrected chi connectivity index (χ2v) is 4.72. The average molecular weight is 242 g/mol. The monoisotopic (exact) mass is 241 g/mol. The molecule has 1 heterocycles. The molecule has 88 valence electrons. The molecule has 0 atom stereocenters.